The Balaban J connectivity index is 2.73. The maximum Gasteiger partial charge on any atom is 0.339 e. The summed E-state index contributed by atoms with van der Waals surface area (Å²) in [6, 6.07) is 8.76. The molecule has 0 aliphatic carbocycles. The summed E-state index contributed by atoms with van der Waals surface area (Å²) in [7, 11) is 0. The lowest BCUT2D eigenvalue weighted by Crippen LogP contribution is -2.33. The average molecular weight is 322 g/mol. The zero-order valence-corrected chi connectivity index (χ0v) is 14.5. The van der Waals surface area contributed by atoms with Crippen molar-refractivity contribution in [3.63, 3.8) is 0 Å². The SMILES string of the molecule is CC(C)COC(=O)C(CC(=O)c1ccccc1)OOC(C)(C)C. The van der Waals surface area contributed by atoms with E-state index in [4.69, 9.17) is 14.5 Å². The van der Waals surface area contributed by atoms with E-state index >= 15 is 0 Å². The van der Waals surface area contributed by atoms with Crippen molar-refractivity contribution in [3.8, 4) is 0 Å². The lowest BCUT2D eigenvalue weighted by molar-refractivity contribution is -0.367. The third-order valence-corrected chi connectivity index (χ3v) is 2.70. The Labute approximate surface area is 137 Å². The van der Waals surface area contributed by atoms with Crippen LogP contribution in [0.3, 0.4) is 0 Å². The molecule has 0 saturated heterocycles. The monoisotopic (exact) mass is 322 g/mol. The van der Waals surface area contributed by atoms with Crippen molar-refractivity contribution in [2.24, 2.45) is 5.92 Å². The van der Waals surface area contributed by atoms with E-state index in [0.717, 1.165) is 0 Å². The molecule has 0 N–H and O–H groups in total. The predicted octanol–water partition coefficient (Wildman–Crippen LogP) is 3.57. The number of ketones is 1. The Morgan fingerprint density at radius 1 is 1.09 bits per heavy atom. The van der Waals surface area contributed by atoms with E-state index in [1.165, 1.54) is 0 Å². The van der Waals surface area contributed by atoms with Gasteiger partial charge in [0.05, 0.1) is 18.6 Å². The highest BCUT2D eigenvalue weighted by Crippen LogP contribution is 2.15. The van der Waals surface area contributed by atoms with Crippen LogP contribution < -0.4 is 0 Å². The van der Waals surface area contributed by atoms with Crippen LogP contribution in [0, 0.1) is 5.92 Å². The lowest BCUT2D eigenvalue weighted by atomic mass is 10.1. The molecule has 0 fully saturated rings. The van der Waals surface area contributed by atoms with Gasteiger partial charge in [0, 0.05) is 5.56 Å². The quantitative estimate of drug-likeness (QED) is 0.317. The normalized spacial score (nSPS) is 13.0. The maximum absolute atomic E-state index is 12.3. The summed E-state index contributed by atoms with van der Waals surface area (Å²) in [6.07, 6.45) is -1.21. The molecule has 128 valence electrons. The number of esters is 1. The van der Waals surface area contributed by atoms with Gasteiger partial charge < -0.3 is 4.74 Å². The third-order valence-electron chi connectivity index (χ3n) is 2.70. The van der Waals surface area contributed by atoms with Crippen molar-refractivity contribution in [1.29, 1.82) is 0 Å². The van der Waals surface area contributed by atoms with E-state index in [2.05, 4.69) is 0 Å². The molecule has 5 heteroatoms. The zero-order chi connectivity index (χ0) is 17.5. The molecule has 1 aromatic rings. The second kappa shape index (κ2) is 8.79. The number of ether oxygens (including phenoxy) is 1. The minimum absolute atomic E-state index is 0.128. The van der Waals surface area contributed by atoms with Crippen LogP contribution in [0.15, 0.2) is 30.3 Å². The summed E-state index contributed by atoms with van der Waals surface area (Å²) in [6.45, 7) is 9.52. The molecule has 0 radical (unpaired) electrons. The number of carbonyl (C=O) groups excluding carboxylic acids is 2. The first kappa shape index (κ1) is 19.3. The highest BCUT2D eigenvalue weighted by Gasteiger charge is 2.28. The Hall–Kier alpha value is -1.72. The maximum atomic E-state index is 12.3. The molecule has 0 aromatic heterocycles. The molecular formula is C18H26O5. The lowest BCUT2D eigenvalue weighted by Gasteiger charge is -2.22. The molecule has 1 atom stereocenters. The Kier molecular flexibility index (Phi) is 7.39. The topological polar surface area (TPSA) is 61.8 Å². The smallest absolute Gasteiger partial charge is 0.339 e. The molecule has 1 rings (SSSR count). The van der Waals surface area contributed by atoms with Gasteiger partial charge in [-0.3, -0.25) is 4.79 Å². The number of carbonyl (C=O) groups is 2. The van der Waals surface area contributed by atoms with E-state index in [1.807, 2.05) is 19.9 Å². The summed E-state index contributed by atoms with van der Waals surface area (Å²) in [5, 5.41) is 0. The molecule has 5 nitrogen and oxygen atoms in total. The summed E-state index contributed by atoms with van der Waals surface area (Å²) in [5.74, 6) is -0.588. The molecular weight excluding hydrogens is 296 g/mol. The molecule has 0 aliphatic heterocycles. The first-order chi connectivity index (χ1) is 10.7. The number of hydrogen-bond donors (Lipinski definition) is 0. The second-order valence-electron chi connectivity index (χ2n) is 6.80. The minimum atomic E-state index is -1.08. The van der Waals surface area contributed by atoms with Crippen molar-refractivity contribution in [1.82, 2.24) is 0 Å². The van der Waals surface area contributed by atoms with Gasteiger partial charge in [0.2, 0.25) is 0 Å². The van der Waals surface area contributed by atoms with Crippen LogP contribution in [-0.2, 0) is 19.3 Å². The van der Waals surface area contributed by atoms with Crippen molar-refractivity contribution in [2.75, 3.05) is 6.61 Å². The molecule has 0 heterocycles. The van der Waals surface area contributed by atoms with Gasteiger partial charge >= 0.3 is 5.97 Å². The van der Waals surface area contributed by atoms with Crippen LogP contribution in [0.2, 0.25) is 0 Å². The van der Waals surface area contributed by atoms with E-state index < -0.39 is 17.7 Å². The van der Waals surface area contributed by atoms with Crippen LogP contribution in [0.25, 0.3) is 0 Å². The van der Waals surface area contributed by atoms with Gasteiger partial charge in [-0.1, -0.05) is 44.2 Å². The van der Waals surface area contributed by atoms with Gasteiger partial charge in [-0.2, -0.15) is 0 Å². The van der Waals surface area contributed by atoms with Crippen molar-refractivity contribution in [3.05, 3.63) is 35.9 Å². The molecule has 1 unspecified atom stereocenters. The zero-order valence-electron chi connectivity index (χ0n) is 14.5. The summed E-state index contributed by atoms with van der Waals surface area (Å²) in [4.78, 5) is 34.8. The van der Waals surface area contributed by atoms with Crippen LogP contribution in [0.1, 0.15) is 51.4 Å². The fourth-order valence-electron chi connectivity index (χ4n) is 1.61. The van der Waals surface area contributed by atoms with E-state index in [1.54, 1.807) is 45.0 Å². The Morgan fingerprint density at radius 3 is 2.22 bits per heavy atom. The van der Waals surface area contributed by atoms with E-state index in [0.29, 0.717) is 5.56 Å². The highest BCUT2D eigenvalue weighted by molar-refractivity contribution is 5.98. The van der Waals surface area contributed by atoms with Crippen molar-refractivity contribution >= 4 is 11.8 Å². The minimum Gasteiger partial charge on any atom is -0.463 e. The van der Waals surface area contributed by atoms with Crippen LogP contribution in [0.4, 0.5) is 0 Å². The average Bonchev–Trinajstić information content (AvgIpc) is 2.48. The predicted molar refractivity (Wildman–Crippen MR) is 86.9 cm³/mol. The van der Waals surface area contributed by atoms with Gasteiger partial charge in [0.15, 0.2) is 11.9 Å². The summed E-state index contributed by atoms with van der Waals surface area (Å²) < 4.78 is 5.17. The van der Waals surface area contributed by atoms with Gasteiger partial charge in [0.1, 0.15) is 0 Å². The largest absolute Gasteiger partial charge is 0.463 e. The number of benzene rings is 1. The Bertz CT molecular complexity index is 502. The molecule has 0 amide bonds. The molecule has 1 aromatic carbocycles. The highest BCUT2D eigenvalue weighted by atomic mass is 17.2. The fourth-order valence-corrected chi connectivity index (χ4v) is 1.61. The van der Waals surface area contributed by atoms with E-state index in [-0.39, 0.29) is 24.7 Å². The second-order valence-corrected chi connectivity index (χ2v) is 6.80. The fraction of sp³-hybridized carbons (Fsp3) is 0.556. The van der Waals surface area contributed by atoms with Gasteiger partial charge in [-0.25, -0.2) is 14.6 Å². The Morgan fingerprint density at radius 2 is 1.70 bits per heavy atom. The summed E-state index contributed by atoms with van der Waals surface area (Å²) >= 11 is 0. The first-order valence-electron chi connectivity index (χ1n) is 7.78. The number of hydrogen-bond acceptors (Lipinski definition) is 5. The van der Waals surface area contributed by atoms with Gasteiger partial charge in [-0.15, -0.1) is 0 Å². The van der Waals surface area contributed by atoms with Crippen molar-refractivity contribution in [2.45, 2.75) is 52.7 Å². The van der Waals surface area contributed by atoms with Crippen LogP contribution in [-0.4, -0.2) is 30.1 Å². The first-order valence-corrected chi connectivity index (χ1v) is 7.78. The van der Waals surface area contributed by atoms with Gasteiger partial charge in [0.25, 0.3) is 0 Å². The standard InChI is InChI=1S/C18H26O5/c1-13(2)12-21-17(20)16(22-23-18(3,4)5)11-15(19)14-9-7-6-8-10-14/h6-10,13,16H,11-12H2,1-5H3. The van der Waals surface area contributed by atoms with Crippen LogP contribution in [0.5, 0.6) is 0 Å². The number of rotatable bonds is 8. The molecule has 0 spiro atoms. The van der Waals surface area contributed by atoms with Crippen LogP contribution >= 0.6 is 0 Å². The molecule has 0 bridgehead atoms. The van der Waals surface area contributed by atoms with Crippen molar-refractivity contribution < 1.29 is 24.1 Å². The molecule has 0 aliphatic rings. The van der Waals surface area contributed by atoms with E-state index in [9.17, 15) is 9.59 Å². The molecule has 23 heavy (non-hydrogen) atoms. The summed E-state index contributed by atoms with van der Waals surface area (Å²) in [5.41, 5.74) is -0.0691. The van der Waals surface area contributed by atoms with Gasteiger partial charge in [-0.05, 0) is 26.7 Å². The number of Topliss-reactive ketones (excluding diaryl/α,β-unsaturated/α-hetero) is 1. The molecule has 0 saturated carbocycles. The third kappa shape index (κ3) is 7.90.